The zero-order chi connectivity index (χ0) is 8.70. The fraction of sp³-hybridized carbons (Fsp3) is 0.750. The van der Waals surface area contributed by atoms with Gasteiger partial charge in [-0.1, -0.05) is 5.57 Å². The lowest BCUT2D eigenvalue weighted by molar-refractivity contribution is -0.186. The smallest absolute Gasteiger partial charge is 0.170 e. The van der Waals surface area contributed by atoms with Gasteiger partial charge in [0.15, 0.2) is 0 Å². The van der Waals surface area contributed by atoms with E-state index < -0.39 is 11.6 Å². The average molecular weight is 164 g/mol. The lowest BCUT2D eigenvalue weighted by Gasteiger charge is -2.18. The molecule has 1 saturated carbocycles. The highest BCUT2D eigenvalue weighted by atomic mass is 19.4. The van der Waals surface area contributed by atoms with Crippen molar-refractivity contribution in [2.45, 2.75) is 32.4 Å². The van der Waals surface area contributed by atoms with Crippen LogP contribution in [0, 0.1) is 5.41 Å². The Morgan fingerprint density at radius 1 is 1.45 bits per heavy atom. The molecule has 0 unspecified atom stereocenters. The van der Waals surface area contributed by atoms with Crippen molar-refractivity contribution in [1.29, 1.82) is 0 Å². The van der Waals surface area contributed by atoms with Crippen LogP contribution in [-0.4, -0.2) is 6.18 Å². The van der Waals surface area contributed by atoms with Gasteiger partial charge in [0.1, 0.15) is 0 Å². The molecule has 1 rings (SSSR count). The third-order valence-corrected chi connectivity index (χ3v) is 2.10. The van der Waals surface area contributed by atoms with E-state index in [9.17, 15) is 13.2 Å². The molecule has 11 heavy (non-hydrogen) atoms. The molecule has 1 aliphatic carbocycles. The van der Waals surface area contributed by atoms with Gasteiger partial charge < -0.3 is 0 Å². The Hall–Kier alpha value is -0.470. The van der Waals surface area contributed by atoms with Crippen molar-refractivity contribution >= 4 is 0 Å². The number of alkyl halides is 3. The van der Waals surface area contributed by atoms with Crippen LogP contribution in [0.2, 0.25) is 0 Å². The van der Waals surface area contributed by atoms with Crippen molar-refractivity contribution in [3.63, 3.8) is 0 Å². The molecule has 1 fully saturated rings. The maximum atomic E-state index is 12.2. The Morgan fingerprint density at radius 2 is 1.91 bits per heavy atom. The zero-order valence-corrected chi connectivity index (χ0v) is 6.46. The molecule has 0 heterocycles. The maximum Gasteiger partial charge on any atom is 0.394 e. The van der Waals surface area contributed by atoms with E-state index in [1.54, 1.807) is 6.92 Å². The van der Waals surface area contributed by atoms with Crippen LogP contribution in [0.3, 0.4) is 0 Å². The molecular formula is C8H11F3. The van der Waals surface area contributed by atoms with E-state index in [4.69, 9.17) is 0 Å². The Morgan fingerprint density at radius 3 is 2.00 bits per heavy atom. The molecule has 64 valence electrons. The van der Waals surface area contributed by atoms with E-state index in [0.29, 0.717) is 5.57 Å². The molecule has 3 heteroatoms. The number of rotatable bonds is 2. The van der Waals surface area contributed by atoms with Gasteiger partial charge in [-0.15, -0.1) is 6.58 Å². The highest BCUT2D eigenvalue weighted by Crippen LogP contribution is 2.60. The van der Waals surface area contributed by atoms with Crippen LogP contribution in [0.15, 0.2) is 12.2 Å². The molecule has 0 saturated heterocycles. The summed E-state index contributed by atoms with van der Waals surface area (Å²) in [5.74, 6) is 0. The molecule has 0 bridgehead atoms. The maximum absolute atomic E-state index is 12.2. The molecule has 0 spiro atoms. The van der Waals surface area contributed by atoms with Gasteiger partial charge in [0.25, 0.3) is 0 Å². The van der Waals surface area contributed by atoms with Crippen molar-refractivity contribution < 1.29 is 13.2 Å². The third-order valence-electron chi connectivity index (χ3n) is 2.10. The summed E-state index contributed by atoms with van der Waals surface area (Å²) in [7, 11) is 0. The predicted molar refractivity (Wildman–Crippen MR) is 37.2 cm³/mol. The number of hydrogen-bond acceptors (Lipinski definition) is 0. The Balaban J connectivity index is 2.61. The van der Waals surface area contributed by atoms with Crippen molar-refractivity contribution in [3.8, 4) is 0 Å². The molecule has 0 N–H and O–H groups in total. The molecule has 1 aliphatic rings. The standard InChI is InChI=1S/C8H11F3/c1-6(2)5-7(3-4-7)8(9,10)11/h1,3-5H2,2H3. The highest BCUT2D eigenvalue weighted by Gasteiger charge is 2.62. The second-order valence-electron chi connectivity index (χ2n) is 3.41. The van der Waals surface area contributed by atoms with Crippen LogP contribution in [0.25, 0.3) is 0 Å². The summed E-state index contributed by atoms with van der Waals surface area (Å²) in [6, 6.07) is 0. The SMILES string of the molecule is C=C(C)CC1(C(F)(F)F)CC1. The Bertz CT molecular complexity index is 174. The quantitative estimate of drug-likeness (QED) is 0.549. The van der Waals surface area contributed by atoms with E-state index in [0.717, 1.165) is 0 Å². The second-order valence-corrected chi connectivity index (χ2v) is 3.41. The summed E-state index contributed by atoms with van der Waals surface area (Å²) >= 11 is 0. The van der Waals surface area contributed by atoms with Gasteiger partial charge in [-0.2, -0.15) is 13.2 Å². The van der Waals surface area contributed by atoms with Crippen LogP contribution in [0.4, 0.5) is 13.2 Å². The lowest BCUT2D eigenvalue weighted by atomic mass is 9.98. The number of allylic oxidation sites excluding steroid dienone is 1. The topological polar surface area (TPSA) is 0 Å². The first-order chi connectivity index (χ1) is 4.87. The number of hydrogen-bond donors (Lipinski definition) is 0. The van der Waals surface area contributed by atoms with E-state index in [-0.39, 0.29) is 19.3 Å². The minimum Gasteiger partial charge on any atom is -0.170 e. The van der Waals surface area contributed by atoms with E-state index >= 15 is 0 Å². The molecule has 0 radical (unpaired) electrons. The largest absolute Gasteiger partial charge is 0.394 e. The molecule has 0 amide bonds. The first-order valence-electron chi connectivity index (χ1n) is 3.58. The average Bonchev–Trinajstić information content (AvgIpc) is 2.42. The number of halogens is 3. The lowest BCUT2D eigenvalue weighted by Crippen LogP contribution is -2.24. The van der Waals surface area contributed by atoms with Gasteiger partial charge >= 0.3 is 6.18 Å². The summed E-state index contributed by atoms with van der Waals surface area (Å²) in [6.07, 6.45) is -3.35. The molecule has 0 aromatic carbocycles. The molecular weight excluding hydrogens is 153 g/mol. The predicted octanol–water partition coefficient (Wildman–Crippen LogP) is 3.30. The van der Waals surface area contributed by atoms with Crippen molar-refractivity contribution in [2.24, 2.45) is 5.41 Å². The second kappa shape index (κ2) is 2.26. The fourth-order valence-corrected chi connectivity index (χ4v) is 1.29. The van der Waals surface area contributed by atoms with E-state index in [1.165, 1.54) is 0 Å². The normalized spacial score (nSPS) is 21.5. The van der Waals surface area contributed by atoms with Crippen LogP contribution in [0.5, 0.6) is 0 Å². The van der Waals surface area contributed by atoms with Gasteiger partial charge in [0, 0.05) is 0 Å². The molecule has 0 atom stereocenters. The van der Waals surface area contributed by atoms with Crippen molar-refractivity contribution in [3.05, 3.63) is 12.2 Å². The van der Waals surface area contributed by atoms with E-state index in [1.807, 2.05) is 0 Å². The highest BCUT2D eigenvalue weighted by molar-refractivity contribution is 5.07. The van der Waals surface area contributed by atoms with Gasteiger partial charge in [-0.3, -0.25) is 0 Å². The molecule has 0 nitrogen and oxygen atoms in total. The minimum atomic E-state index is -4.02. The van der Waals surface area contributed by atoms with Gasteiger partial charge in [-0.25, -0.2) is 0 Å². The molecule has 0 aromatic heterocycles. The monoisotopic (exact) mass is 164 g/mol. The van der Waals surface area contributed by atoms with Crippen LogP contribution in [0.1, 0.15) is 26.2 Å². The van der Waals surface area contributed by atoms with Crippen LogP contribution < -0.4 is 0 Å². The van der Waals surface area contributed by atoms with Crippen LogP contribution >= 0.6 is 0 Å². The Labute approximate surface area is 64.1 Å². The molecule has 0 aromatic rings. The molecule has 0 aliphatic heterocycles. The van der Waals surface area contributed by atoms with Crippen LogP contribution in [-0.2, 0) is 0 Å². The van der Waals surface area contributed by atoms with Gasteiger partial charge in [0.2, 0.25) is 0 Å². The van der Waals surface area contributed by atoms with E-state index in [2.05, 4.69) is 6.58 Å². The summed E-state index contributed by atoms with van der Waals surface area (Å²) in [6.45, 7) is 5.14. The summed E-state index contributed by atoms with van der Waals surface area (Å²) < 4.78 is 36.6. The minimum absolute atomic E-state index is 0.108. The zero-order valence-electron chi connectivity index (χ0n) is 6.46. The third kappa shape index (κ3) is 1.57. The van der Waals surface area contributed by atoms with Crippen molar-refractivity contribution in [2.75, 3.05) is 0 Å². The van der Waals surface area contributed by atoms with Gasteiger partial charge in [-0.05, 0) is 26.2 Å². The fourth-order valence-electron chi connectivity index (χ4n) is 1.29. The summed E-state index contributed by atoms with van der Waals surface area (Å²) in [5.41, 5.74) is -0.765. The first kappa shape index (κ1) is 8.62. The summed E-state index contributed by atoms with van der Waals surface area (Å²) in [4.78, 5) is 0. The van der Waals surface area contributed by atoms with Gasteiger partial charge in [0.05, 0.1) is 5.41 Å². The van der Waals surface area contributed by atoms with Crippen molar-refractivity contribution in [1.82, 2.24) is 0 Å². The summed E-state index contributed by atoms with van der Waals surface area (Å²) in [5, 5.41) is 0. The Kier molecular flexibility index (Phi) is 1.77. The first-order valence-corrected chi connectivity index (χ1v) is 3.58.